The van der Waals surface area contributed by atoms with Gasteiger partial charge in [-0.1, -0.05) is 30.3 Å². The maximum absolute atomic E-state index is 11.7. The Kier molecular flexibility index (Phi) is 3.40. The van der Waals surface area contributed by atoms with Gasteiger partial charge in [0.05, 0.1) is 4.90 Å². The molecule has 2 rings (SSSR count). The molecule has 0 aliphatic heterocycles. The molecule has 5 heteroatoms. The first-order chi connectivity index (χ1) is 8.89. The standard InChI is InChI=1S/C14H13NO3S/c1-19(17,18)13-5-3-2-4-12(13)10-6-8-11(9-7-10)14(15)16/h2-9H,1H3,(H2,15,16). The van der Waals surface area contributed by atoms with E-state index in [0.29, 0.717) is 11.1 Å². The van der Waals surface area contributed by atoms with E-state index in [1.165, 1.54) is 6.26 Å². The van der Waals surface area contributed by atoms with Gasteiger partial charge in [-0.15, -0.1) is 0 Å². The summed E-state index contributed by atoms with van der Waals surface area (Å²) in [6, 6.07) is 13.3. The molecule has 1 amide bonds. The van der Waals surface area contributed by atoms with Crippen LogP contribution in [0.4, 0.5) is 0 Å². The van der Waals surface area contributed by atoms with Crippen molar-refractivity contribution >= 4 is 15.7 Å². The Morgan fingerprint density at radius 1 is 1.00 bits per heavy atom. The summed E-state index contributed by atoms with van der Waals surface area (Å²) in [7, 11) is -3.30. The Morgan fingerprint density at radius 2 is 1.58 bits per heavy atom. The van der Waals surface area contributed by atoms with E-state index in [1.54, 1.807) is 48.5 Å². The molecule has 19 heavy (non-hydrogen) atoms. The largest absolute Gasteiger partial charge is 0.366 e. The molecule has 0 heterocycles. The van der Waals surface area contributed by atoms with Gasteiger partial charge in [0.2, 0.25) is 5.91 Å². The number of benzene rings is 2. The van der Waals surface area contributed by atoms with Crippen LogP contribution < -0.4 is 5.73 Å². The van der Waals surface area contributed by atoms with Crippen molar-refractivity contribution in [3.8, 4) is 11.1 Å². The maximum atomic E-state index is 11.7. The SMILES string of the molecule is CS(=O)(=O)c1ccccc1-c1ccc(C(N)=O)cc1. The maximum Gasteiger partial charge on any atom is 0.248 e. The van der Waals surface area contributed by atoms with Crippen LogP contribution in [0.3, 0.4) is 0 Å². The fraction of sp³-hybridized carbons (Fsp3) is 0.0714. The van der Waals surface area contributed by atoms with Gasteiger partial charge in [-0.3, -0.25) is 4.79 Å². The second-order valence-electron chi connectivity index (χ2n) is 4.21. The first-order valence-corrected chi connectivity index (χ1v) is 7.48. The third kappa shape index (κ3) is 2.82. The van der Waals surface area contributed by atoms with Crippen LogP contribution in [0.5, 0.6) is 0 Å². The van der Waals surface area contributed by atoms with Gasteiger partial charge in [0.1, 0.15) is 0 Å². The van der Waals surface area contributed by atoms with Gasteiger partial charge in [0, 0.05) is 17.4 Å². The average Bonchev–Trinajstić information content (AvgIpc) is 2.38. The molecule has 0 saturated carbocycles. The Morgan fingerprint density at radius 3 is 2.11 bits per heavy atom. The summed E-state index contributed by atoms with van der Waals surface area (Å²) in [6.45, 7) is 0. The summed E-state index contributed by atoms with van der Waals surface area (Å²) in [4.78, 5) is 11.3. The number of rotatable bonds is 3. The van der Waals surface area contributed by atoms with Crippen LogP contribution in [-0.2, 0) is 9.84 Å². The molecule has 0 bridgehead atoms. The van der Waals surface area contributed by atoms with Crippen molar-refractivity contribution < 1.29 is 13.2 Å². The van der Waals surface area contributed by atoms with E-state index in [9.17, 15) is 13.2 Å². The second kappa shape index (κ2) is 4.85. The molecule has 2 aromatic rings. The third-order valence-electron chi connectivity index (χ3n) is 2.77. The molecule has 0 aliphatic carbocycles. The second-order valence-corrected chi connectivity index (χ2v) is 6.19. The Balaban J connectivity index is 2.57. The van der Waals surface area contributed by atoms with Crippen molar-refractivity contribution in [3.63, 3.8) is 0 Å². The number of sulfone groups is 1. The lowest BCUT2D eigenvalue weighted by molar-refractivity contribution is 0.100. The minimum absolute atomic E-state index is 0.266. The molecule has 98 valence electrons. The first kappa shape index (κ1) is 13.3. The predicted molar refractivity (Wildman–Crippen MR) is 73.5 cm³/mol. The highest BCUT2D eigenvalue weighted by Gasteiger charge is 2.13. The highest BCUT2D eigenvalue weighted by molar-refractivity contribution is 7.90. The lowest BCUT2D eigenvalue weighted by Gasteiger charge is -2.08. The summed E-state index contributed by atoms with van der Waals surface area (Å²) in [5.74, 6) is -0.511. The number of carbonyl (C=O) groups excluding carboxylic acids is 1. The number of hydrogen-bond acceptors (Lipinski definition) is 3. The zero-order valence-corrected chi connectivity index (χ0v) is 11.1. The smallest absolute Gasteiger partial charge is 0.248 e. The zero-order chi connectivity index (χ0) is 14.0. The average molecular weight is 275 g/mol. The molecule has 2 N–H and O–H groups in total. The highest BCUT2D eigenvalue weighted by atomic mass is 32.2. The number of nitrogens with two attached hydrogens (primary N) is 1. The summed E-state index contributed by atoms with van der Waals surface area (Å²) in [6.07, 6.45) is 1.17. The molecule has 0 atom stereocenters. The quantitative estimate of drug-likeness (QED) is 0.928. The molecule has 0 fully saturated rings. The highest BCUT2D eigenvalue weighted by Crippen LogP contribution is 2.27. The summed E-state index contributed by atoms with van der Waals surface area (Å²) >= 11 is 0. The Labute approximate surface area is 111 Å². The summed E-state index contributed by atoms with van der Waals surface area (Å²) in [5.41, 5.74) is 6.90. The molecule has 0 aromatic heterocycles. The van der Waals surface area contributed by atoms with Crippen LogP contribution in [0.2, 0.25) is 0 Å². The van der Waals surface area contributed by atoms with Crippen molar-refractivity contribution in [1.29, 1.82) is 0 Å². The van der Waals surface area contributed by atoms with E-state index in [2.05, 4.69) is 0 Å². The van der Waals surface area contributed by atoms with Gasteiger partial charge >= 0.3 is 0 Å². The minimum Gasteiger partial charge on any atom is -0.366 e. The monoisotopic (exact) mass is 275 g/mol. The normalized spacial score (nSPS) is 11.2. The topological polar surface area (TPSA) is 77.2 Å². The van der Waals surface area contributed by atoms with Crippen molar-refractivity contribution in [3.05, 3.63) is 54.1 Å². The number of amides is 1. The van der Waals surface area contributed by atoms with Crippen LogP contribution in [0.1, 0.15) is 10.4 Å². The fourth-order valence-corrected chi connectivity index (χ4v) is 2.75. The van der Waals surface area contributed by atoms with E-state index < -0.39 is 15.7 Å². The molecule has 0 aliphatic rings. The van der Waals surface area contributed by atoms with Gasteiger partial charge in [-0.2, -0.15) is 0 Å². The van der Waals surface area contributed by atoms with Crippen LogP contribution >= 0.6 is 0 Å². The molecule has 4 nitrogen and oxygen atoms in total. The van der Waals surface area contributed by atoms with Crippen molar-refractivity contribution in [2.45, 2.75) is 4.90 Å². The number of primary amides is 1. The lowest BCUT2D eigenvalue weighted by Crippen LogP contribution is -2.10. The molecule has 0 saturated heterocycles. The third-order valence-corrected chi connectivity index (χ3v) is 3.92. The van der Waals surface area contributed by atoms with Gasteiger partial charge in [0.15, 0.2) is 9.84 Å². The summed E-state index contributed by atoms with van der Waals surface area (Å²) in [5, 5.41) is 0. The first-order valence-electron chi connectivity index (χ1n) is 5.59. The van der Waals surface area contributed by atoms with E-state index in [-0.39, 0.29) is 4.90 Å². The van der Waals surface area contributed by atoms with Gasteiger partial charge < -0.3 is 5.73 Å². The van der Waals surface area contributed by atoms with Gasteiger partial charge in [0.25, 0.3) is 0 Å². The van der Waals surface area contributed by atoms with Crippen molar-refractivity contribution in [1.82, 2.24) is 0 Å². The molecule has 0 spiro atoms. The number of hydrogen-bond donors (Lipinski definition) is 1. The Bertz CT molecular complexity index is 719. The summed E-state index contributed by atoms with van der Waals surface area (Å²) < 4.78 is 23.5. The van der Waals surface area contributed by atoms with Crippen LogP contribution in [0.25, 0.3) is 11.1 Å². The molecule has 0 radical (unpaired) electrons. The van der Waals surface area contributed by atoms with E-state index in [4.69, 9.17) is 5.73 Å². The van der Waals surface area contributed by atoms with E-state index in [0.717, 1.165) is 5.56 Å². The van der Waals surface area contributed by atoms with Crippen LogP contribution in [-0.4, -0.2) is 20.6 Å². The number of carbonyl (C=O) groups is 1. The van der Waals surface area contributed by atoms with E-state index in [1.807, 2.05) is 0 Å². The van der Waals surface area contributed by atoms with Gasteiger partial charge in [-0.05, 0) is 23.8 Å². The molecule has 2 aromatic carbocycles. The molecular formula is C14H13NO3S. The minimum atomic E-state index is -3.30. The van der Waals surface area contributed by atoms with Crippen LogP contribution in [0, 0.1) is 0 Å². The van der Waals surface area contributed by atoms with Crippen molar-refractivity contribution in [2.75, 3.05) is 6.26 Å². The van der Waals surface area contributed by atoms with Gasteiger partial charge in [-0.25, -0.2) is 8.42 Å². The van der Waals surface area contributed by atoms with E-state index >= 15 is 0 Å². The molecular weight excluding hydrogens is 262 g/mol. The predicted octanol–water partition coefficient (Wildman–Crippen LogP) is 1.86. The van der Waals surface area contributed by atoms with Crippen molar-refractivity contribution in [2.24, 2.45) is 5.73 Å². The Hall–Kier alpha value is -2.14. The zero-order valence-electron chi connectivity index (χ0n) is 10.3. The fourth-order valence-electron chi connectivity index (χ4n) is 1.84. The molecule has 0 unspecified atom stereocenters. The van der Waals surface area contributed by atoms with Crippen LogP contribution in [0.15, 0.2) is 53.4 Å². The lowest BCUT2D eigenvalue weighted by atomic mass is 10.0.